The number of carbonyl (C=O) groups excluding carboxylic acids is 1. The summed E-state index contributed by atoms with van der Waals surface area (Å²) in [5.41, 5.74) is 0. The van der Waals surface area contributed by atoms with Gasteiger partial charge in [-0.2, -0.15) is 0 Å². The van der Waals surface area contributed by atoms with Crippen LogP contribution in [0, 0.1) is 17.8 Å². The molecule has 2 N–H and O–H groups in total. The van der Waals surface area contributed by atoms with Crippen molar-refractivity contribution >= 4 is 12.0 Å². The molecule has 100 valence electrons. The minimum atomic E-state index is -0.770. The van der Waals surface area contributed by atoms with E-state index in [9.17, 15) is 9.59 Å². The van der Waals surface area contributed by atoms with Crippen LogP contribution in [0.5, 0.6) is 0 Å². The molecule has 1 saturated heterocycles. The third-order valence-corrected chi connectivity index (χ3v) is 4.75. The van der Waals surface area contributed by atoms with Gasteiger partial charge in [-0.3, -0.25) is 4.79 Å². The molecule has 1 heterocycles. The number of urea groups is 1. The highest BCUT2D eigenvalue weighted by molar-refractivity contribution is 5.76. The van der Waals surface area contributed by atoms with E-state index in [1.807, 2.05) is 0 Å². The molecule has 0 aromatic rings. The SMILES string of the molecule is O=C(O)CC1CN(C(=O)NC2CC3CCC2C3)C1. The highest BCUT2D eigenvalue weighted by atomic mass is 16.4. The van der Waals surface area contributed by atoms with Crippen molar-refractivity contribution in [1.29, 1.82) is 0 Å². The summed E-state index contributed by atoms with van der Waals surface area (Å²) in [6.07, 6.45) is 5.20. The summed E-state index contributed by atoms with van der Waals surface area (Å²) in [6, 6.07) is 0.379. The molecule has 3 atom stereocenters. The molecule has 3 aliphatic rings. The Balaban J connectivity index is 1.42. The van der Waals surface area contributed by atoms with Gasteiger partial charge in [0.25, 0.3) is 0 Å². The van der Waals surface area contributed by atoms with E-state index in [-0.39, 0.29) is 18.4 Å². The molecule has 3 unspecified atom stereocenters. The van der Waals surface area contributed by atoms with Crippen LogP contribution in [0.3, 0.4) is 0 Å². The number of likely N-dealkylation sites (tertiary alicyclic amines) is 1. The summed E-state index contributed by atoms with van der Waals surface area (Å²) >= 11 is 0. The first-order valence-corrected chi connectivity index (χ1v) is 6.89. The number of rotatable bonds is 3. The van der Waals surface area contributed by atoms with Gasteiger partial charge in [0.1, 0.15) is 0 Å². The number of nitrogens with zero attached hydrogens (tertiary/aromatic N) is 1. The molecule has 5 nitrogen and oxygen atoms in total. The molecule has 2 aliphatic carbocycles. The number of carbonyl (C=O) groups is 2. The maximum absolute atomic E-state index is 12.0. The molecular weight excluding hydrogens is 232 g/mol. The Hall–Kier alpha value is -1.26. The highest BCUT2D eigenvalue weighted by Crippen LogP contribution is 2.44. The lowest BCUT2D eigenvalue weighted by molar-refractivity contribution is -0.139. The van der Waals surface area contributed by atoms with E-state index in [1.165, 1.54) is 19.3 Å². The van der Waals surface area contributed by atoms with Crippen LogP contribution in [-0.4, -0.2) is 41.1 Å². The molecule has 3 fully saturated rings. The third kappa shape index (κ3) is 2.18. The Morgan fingerprint density at radius 1 is 1.22 bits per heavy atom. The summed E-state index contributed by atoms with van der Waals surface area (Å²) in [7, 11) is 0. The fourth-order valence-corrected chi connectivity index (χ4v) is 3.78. The molecule has 2 saturated carbocycles. The van der Waals surface area contributed by atoms with Crippen molar-refractivity contribution in [3.8, 4) is 0 Å². The second-order valence-electron chi connectivity index (χ2n) is 6.10. The molecular formula is C13H20N2O3. The minimum absolute atomic E-state index is 0.00851. The second-order valence-corrected chi connectivity index (χ2v) is 6.10. The number of carboxylic acids is 1. The lowest BCUT2D eigenvalue weighted by atomic mass is 9.94. The summed E-state index contributed by atoms with van der Waals surface area (Å²) < 4.78 is 0. The zero-order chi connectivity index (χ0) is 12.7. The van der Waals surface area contributed by atoms with Gasteiger partial charge < -0.3 is 15.3 Å². The van der Waals surface area contributed by atoms with Crippen LogP contribution in [-0.2, 0) is 4.79 Å². The molecule has 1 aliphatic heterocycles. The molecule has 0 spiro atoms. The van der Waals surface area contributed by atoms with Gasteiger partial charge in [-0.15, -0.1) is 0 Å². The van der Waals surface area contributed by atoms with Crippen LogP contribution >= 0.6 is 0 Å². The van der Waals surface area contributed by atoms with Crippen molar-refractivity contribution in [2.75, 3.05) is 13.1 Å². The first kappa shape index (κ1) is 11.8. The number of hydrogen-bond donors (Lipinski definition) is 2. The van der Waals surface area contributed by atoms with E-state index in [2.05, 4.69) is 5.32 Å². The third-order valence-electron chi connectivity index (χ3n) is 4.75. The maximum atomic E-state index is 12.0. The van der Waals surface area contributed by atoms with Gasteiger partial charge in [-0.05, 0) is 31.1 Å². The Morgan fingerprint density at radius 2 is 2.00 bits per heavy atom. The lowest BCUT2D eigenvalue weighted by Gasteiger charge is -2.39. The summed E-state index contributed by atoms with van der Waals surface area (Å²) in [5, 5.41) is 11.8. The topological polar surface area (TPSA) is 69.6 Å². The van der Waals surface area contributed by atoms with Crippen LogP contribution in [0.15, 0.2) is 0 Å². The predicted molar refractivity (Wildman–Crippen MR) is 65.1 cm³/mol. The molecule has 18 heavy (non-hydrogen) atoms. The lowest BCUT2D eigenvalue weighted by Crippen LogP contribution is -2.56. The molecule has 5 heteroatoms. The molecule has 0 aromatic carbocycles. The molecule has 0 radical (unpaired) electrons. The van der Waals surface area contributed by atoms with Crippen LogP contribution < -0.4 is 5.32 Å². The average molecular weight is 252 g/mol. The fraction of sp³-hybridized carbons (Fsp3) is 0.846. The largest absolute Gasteiger partial charge is 0.481 e. The smallest absolute Gasteiger partial charge is 0.317 e. The van der Waals surface area contributed by atoms with Crippen LogP contribution in [0.25, 0.3) is 0 Å². The van der Waals surface area contributed by atoms with Crippen molar-refractivity contribution in [2.45, 2.75) is 38.1 Å². The van der Waals surface area contributed by atoms with Crippen molar-refractivity contribution in [3.05, 3.63) is 0 Å². The molecule has 3 rings (SSSR count). The number of aliphatic carboxylic acids is 1. The van der Waals surface area contributed by atoms with Gasteiger partial charge in [-0.1, -0.05) is 6.42 Å². The fourth-order valence-electron chi connectivity index (χ4n) is 3.78. The Morgan fingerprint density at radius 3 is 2.56 bits per heavy atom. The number of hydrogen-bond acceptors (Lipinski definition) is 2. The van der Waals surface area contributed by atoms with E-state index >= 15 is 0 Å². The Labute approximate surface area is 107 Å². The zero-order valence-corrected chi connectivity index (χ0v) is 10.5. The number of nitrogens with one attached hydrogen (secondary N) is 1. The van der Waals surface area contributed by atoms with Crippen LogP contribution in [0.4, 0.5) is 4.79 Å². The van der Waals surface area contributed by atoms with E-state index in [0.717, 1.165) is 12.3 Å². The van der Waals surface area contributed by atoms with E-state index in [4.69, 9.17) is 5.11 Å². The van der Waals surface area contributed by atoms with Gasteiger partial charge in [-0.25, -0.2) is 4.79 Å². The molecule has 0 aromatic heterocycles. The zero-order valence-electron chi connectivity index (χ0n) is 10.5. The van der Waals surface area contributed by atoms with Crippen molar-refractivity contribution < 1.29 is 14.7 Å². The first-order chi connectivity index (χ1) is 8.61. The summed E-state index contributed by atoms with van der Waals surface area (Å²) in [6.45, 7) is 1.19. The highest BCUT2D eigenvalue weighted by Gasteiger charge is 2.41. The second kappa shape index (κ2) is 4.44. The van der Waals surface area contributed by atoms with Gasteiger partial charge in [0.05, 0.1) is 6.42 Å². The van der Waals surface area contributed by atoms with Gasteiger partial charge in [0.15, 0.2) is 0 Å². The standard InChI is InChI=1S/C13H20N2O3/c16-12(17)5-9-6-15(7-9)13(18)14-11-4-8-1-2-10(11)3-8/h8-11H,1-7H2,(H,14,18)(H,16,17). The quantitative estimate of drug-likeness (QED) is 0.795. The predicted octanol–water partition coefficient (Wildman–Crippen LogP) is 1.29. The average Bonchev–Trinajstić information content (AvgIpc) is 2.83. The molecule has 2 amide bonds. The van der Waals surface area contributed by atoms with Crippen molar-refractivity contribution in [2.24, 2.45) is 17.8 Å². The minimum Gasteiger partial charge on any atom is -0.481 e. The van der Waals surface area contributed by atoms with Gasteiger partial charge in [0, 0.05) is 25.0 Å². The summed E-state index contributed by atoms with van der Waals surface area (Å²) in [4.78, 5) is 24.2. The van der Waals surface area contributed by atoms with Crippen LogP contribution in [0.2, 0.25) is 0 Å². The number of fused-ring (bicyclic) bond motifs is 2. The Bertz CT molecular complexity index is 365. The normalized spacial score (nSPS) is 34.4. The first-order valence-electron chi connectivity index (χ1n) is 6.89. The van der Waals surface area contributed by atoms with E-state index in [1.54, 1.807) is 4.90 Å². The Kier molecular flexibility index (Phi) is 2.92. The van der Waals surface area contributed by atoms with E-state index in [0.29, 0.717) is 25.0 Å². The van der Waals surface area contributed by atoms with E-state index < -0.39 is 5.97 Å². The molecule has 2 bridgehead atoms. The van der Waals surface area contributed by atoms with Crippen molar-refractivity contribution in [1.82, 2.24) is 10.2 Å². The summed E-state index contributed by atoms with van der Waals surface area (Å²) in [5.74, 6) is 0.896. The van der Waals surface area contributed by atoms with Gasteiger partial charge in [0.2, 0.25) is 0 Å². The maximum Gasteiger partial charge on any atom is 0.317 e. The monoisotopic (exact) mass is 252 g/mol. The van der Waals surface area contributed by atoms with Gasteiger partial charge >= 0.3 is 12.0 Å². The van der Waals surface area contributed by atoms with Crippen LogP contribution in [0.1, 0.15) is 32.1 Å². The van der Waals surface area contributed by atoms with Crippen molar-refractivity contribution in [3.63, 3.8) is 0 Å². The number of amides is 2. The number of carboxylic acid groups (broad SMARTS) is 1.